The van der Waals surface area contributed by atoms with Crippen LogP contribution in [0.4, 0.5) is 0 Å². The Kier molecular flexibility index (Phi) is 11.3. The highest BCUT2D eigenvalue weighted by molar-refractivity contribution is 14.0. The predicted molar refractivity (Wildman–Crippen MR) is 123 cm³/mol. The van der Waals surface area contributed by atoms with Crippen LogP contribution in [0, 0.1) is 13.8 Å². The Bertz CT molecular complexity index is 567. The number of ether oxygens (including phenoxy) is 1. The Morgan fingerprint density at radius 2 is 2.00 bits per heavy atom. The van der Waals surface area contributed by atoms with E-state index in [-0.39, 0.29) is 29.6 Å². The molecule has 1 aliphatic rings. The van der Waals surface area contributed by atoms with Crippen LogP contribution in [0.2, 0.25) is 0 Å². The van der Waals surface area contributed by atoms with Crippen molar-refractivity contribution >= 4 is 29.9 Å². The second-order valence-corrected chi connectivity index (χ2v) is 7.45. The van der Waals surface area contributed by atoms with Crippen molar-refractivity contribution in [3.8, 4) is 0 Å². The minimum absolute atomic E-state index is 0. The molecule has 0 radical (unpaired) electrons. The molecule has 0 spiro atoms. The molecule has 7 heteroatoms. The van der Waals surface area contributed by atoms with Gasteiger partial charge in [-0.1, -0.05) is 26.2 Å². The van der Waals surface area contributed by atoms with Crippen LogP contribution in [-0.2, 0) is 11.3 Å². The van der Waals surface area contributed by atoms with Crippen molar-refractivity contribution < 1.29 is 4.74 Å². The largest absolute Gasteiger partial charge is 0.373 e. The molecule has 0 atom stereocenters. The lowest BCUT2D eigenvalue weighted by molar-refractivity contribution is -0.0657. The van der Waals surface area contributed by atoms with Crippen LogP contribution in [0.5, 0.6) is 0 Å². The number of halogens is 1. The molecular formula is C20H38IN5O. The average molecular weight is 491 g/mol. The second-order valence-electron chi connectivity index (χ2n) is 7.45. The minimum atomic E-state index is -0.0183. The van der Waals surface area contributed by atoms with E-state index in [9.17, 15) is 0 Å². The summed E-state index contributed by atoms with van der Waals surface area (Å²) in [5.74, 6) is 0.864. The SMILES string of the molecule is CCCOC1(CNC(=NC)NCCCn2nc(C)cc2C)CCCCC1.I. The van der Waals surface area contributed by atoms with Gasteiger partial charge in [-0.25, -0.2) is 0 Å². The van der Waals surface area contributed by atoms with E-state index < -0.39 is 0 Å². The maximum Gasteiger partial charge on any atom is 0.191 e. The van der Waals surface area contributed by atoms with Gasteiger partial charge in [-0.05, 0) is 45.6 Å². The van der Waals surface area contributed by atoms with Crippen molar-refractivity contribution in [2.75, 3.05) is 26.7 Å². The number of rotatable bonds is 9. The monoisotopic (exact) mass is 491 g/mol. The fraction of sp³-hybridized carbons (Fsp3) is 0.800. The third kappa shape index (κ3) is 7.97. The van der Waals surface area contributed by atoms with Gasteiger partial charge in [0.15, 0.2) is 5.96 Å². The Hall–Kier alpha value is -0.830. The lowest BCUT2D eigenvalue weighted by Gasteiger charge is -2.37. The van der Waals surface area contributed by atoms with E-state index in [0.29, 0.717) is 0 Å². The highest BCUT2D eigenvalue weighted by Crippen LogP contribution is 2.31. The van der Waals surface area contributed by atoms with E-state index in [2.05, 4.69) is 45.3 Å². The molecule has 2 N–H and O–H groups in total. The van der Waals surface area contributed by atoms with Gasteiger partial charge in [0.25, 0.3) is 0 Å². The zero-order valence-corrected chi connectivity index (χ0v) is 19.8. The highest BCUT2D eigenvalue weighted by Gasteiger charge is 2.32. The molecular weight excluding hydrogens is 453 g/mol. The molecule has 1 heterocycles. The van der Waals surface area contributed by atoms with Gasteiger partial charge in [-0.3, -0.25) is 9.67 Å². The minimum Gasteiger partial charge on any atom is -0.373 e. The first kappa shape index (κ1) is 24.2. The number of aromatic nitrogens is 2. The molecule has 0 unspecified atom stereocenters. The second kappa shape index (κ2) is 12.6. The van der Waals surface area contributed by atoms with Gasteiger partial charge in [-0.15, -0.1) is 24.0 Å². The number of aliphatic imine (C=N–C) groups is 1. The molecule has 0 aromatic carbocycles. The first-order valence-electron chi connectivity index (χ1n) is 10.2. The van der Waals surface area contributed by atoms with Crippen molar-refractivity contribution in [1.29, 1.82) is 0 Å². The molecule has 1 saturated carbocycles. The predicted octanol–water partition coefficient (Wildman–Crippen LogP) is 3.80. The molecule has 1 aliphatic carbocycles. The molecule has 0 aliphatic heterocycles. The maximum absolute atomic E-state index is 6.26. The smallest absolute Gasteiger partial charge is 0.191 e. The number of guanidine groups is 1. The van der Waals surface area contributed by atoms with Crippen molar-refractivity contribution in [2.45, 2.75) is 77.9 Å². The highest BCUT2D eigenvalue weighted by atomic mass is 127. The number of hydrogen-bond donors (Lipinski definition) is 2. The quantitative estimate of drug-likeness (QED) is 0.239. The fourth-order valence-corrected chi connectivity index (χ4v) is 3.69. The Morgan fingerprint density at radius 3 is 2.59 bits per heavy atom. The Morgan fingerprint density at radius 1 is 1.26 bits per heavy atom. The lowest BCUT2D eigenvalue weighted by Crippen LogP contribution is -2.49. The van der Waals surface area contributed by atoms with E-state index in [1.807, 2.05) is 14.0 Å². The number of nitrogens with zero attached hydrogens (tertiary/aromatic N) is 3. The molecule has 156 valence electrons. The first-order chi connectivity index (χ1) is 12.6. The van der Waals surface area contributed by atoms with Crippen LogP contribution >= 0.6 is 24.0 Å². The standard InChI is InChI=1S/C20H37N5O.HI/c1-5-14-26-20(10-7-6-8-11-20)16-23-19(21-4)22-12-9-13-25-18(3)15-17(2)24-25;/h15H,5-14,16H2,1-4H3,(H2,21,22,23);1H. The van der Waals surface area contributed by atoms with Gasteiger partial charge in [0.1, 0.15) is 0 Å². The molecule has 27 heavy (non-hydrogen) atoms. The summed E-state index contributed by atoms with van der Waals surface area (Å²) in [6.07, 6.45) is 8.24. The summed E-state index contributed by atoms with van der Waals surface area (Å²) in [6.45, 7) is 9.80. The van der Waals surface area contributed by atoms with Gasteiger partial charge in [0.2, 0.25) is 0 Å². The van der Waals surface area contributed by atoms with Crippen LogP contribution in [0.25, 0.3) is 0 Å². The summed E-state index contributed by atoms with van der Waals surface area (Å²) in [5.41, 5.74) is 2.28. The zero-order valence-electron chi connectivity index (χ0n) is 17.5. The molecule has 1 fully saturated rings. The van der Waals surface area contributed by atoms with E-state index >= 15 is 0 Å². The van der Waals surface area contributed by atoms with Crippen molar-refractivity contribution in [1.82, 2.24) is 20.4 Å². The van der Waals surface area contributed by atoms with Gasteiger partial charge in [0, 0.05) is 39.0 Å². The van der Waals surface area contributed by atoms with Crippen LogP contribution < -0.4 is 10.6 Å². The fourth-order valence-electron chi connectivity index (χ4n) is 3.69. The van der Waals surface area contributed by atoms with E-state index in [0.717, 1.165) is 63.6 Å². The van der Waals surface area contributed by atoms with Crippen molar-refractivity contribution in [3.05, 3.63) is 17.5 Å². The van der Waals surface area contributed by atoms with E-state index in [1.54, 1.807) is 0 Å². The van der Waals surface area contributed by atoms with Gasteiger partial charge < -0.3 is 15.4 Å². The molecule has 2 rings (SSSR count). The molecule has 1 aromatic rings. The molecule has 0 saturated heterocycles. The molecule has 1 aromatic heterocycles. The molecule has 6 nitrogen and oxygen atoms in total. The van der Waals surface area contributed by atoms with Crippen molar-refractivity contribution in [3.63, 3.8) is 0 Å². The lowest BCUT2D eigenvalue weighted by atomic mass is 9.84. The number of hydrogen-bond acceptors (Lipinski definition) is 3. The molecule has 0 amide bonds. The van der Waals surface area contributed by atoms with Gasteiger partial charge in [-0.2, -0.15) is 5.10 Å². The third-order valence-corrected chi connectivity index (χ3v) is 5.12. The average Bonchev–Trinajstić information content (AvgIpc) is 2.97. The summed E-state index contributed by atoms with van der Waals surface area (Å²) < 4.78 is 8.33. The summed E-state index contributed by atoms with van der Waals surface area (Å²) in [5, 5.41) is 11.4. The van der Waals surface area contributed by atoms with Crippen LogP contribution in [0.3, 0.4) is 0 Å². The number of aryl methyl sites for hydroxylation is 3. The Balaban J connectivity index is 0.00000364. The van der Waals surface area contributed by atoms with E-state index in [1.165, 1.54) is 25.0 Å². The van der Waals surface area contributed by atoms with Crippen LogP contribution in [0.1, 0.15) is 63.3 Å². The molecule has 0 bridgehead atoms. The topological polar surface area (TPSA) is 63.5 Å². The Labute approximate surface area is 181 Å². The van der Waals surface area contributed by atoms with Gasteiger partial charge >= 0.3 is 0 Å². The zero-order chi connectivity index (χ0) is 18.8. The summed E-state index contributed by atoms with van der Waals surface area (Å²) >= 11 is 0. The summed E-state index contributed by atoms with van der Waals surface area (Å²) in [7, 11) is 1.83. The maximum atomic E-state index is 6.26. The normalized spacial score (nSPS) is 16.7. The third-order valence-electron chi connectivity index (χ3n) is 5.12. The number of nitrogens with one attached hydrogen (secondary N) is 2. The summed E-state index contributed by atoms with van der Waals surface area (Å²) in [6, 6.07) is 2.12. The van der Waals surface area contributed by atoms with E-state index in [4.69, 9.17) is 4.74 Å². The first-order valence-corrected chi connectivity index (χ1v) is 10.2. The van der Waals surface area contributed by atoms with Gasteiger partial charge in [0.05, 0.1) is 11.3 Å². The van der Waals surface area contributed by atoms with Crippen LogP contribution in [0.15, 0.2) is 11.1 Å². The van der Waals surface area contributed by atoms with Crippen LogP contribution in [-0.4, -0.2) is 48.1 Å². The summed E-state index contributed by atoms with van der Waals surface area (Å²) in [4.78, 5) is 4.37. The van der Waals surface area contributed by atoms with Crippen molar-refractivity contribution in [2.24, 2.45) is 4.99 Å².